The molecule has 1 aromatic carbocycles. The van der Waals surface area contributed by atoms with E-state index in [0.717, 1.165) is 17.3 Å². The van der Waals surface area contributed by atoms with Crippen LogP contribution in [0, 0.1) is 11.7 Å². The van der Waals surface area contributed by atoms with Gasteiger partial charge < -0.3 is 5.11 Å². The van der Waals surface area contributed by atoms with E-state index in [1.54, 1.807) is 6.07 Å². The third kappa shape index (κ3) is 3.33. The van der Waals surface area contributed by atoms with Gasteiger partial charge in [0.15, 0.2) is 0 Å². The van der Waals surface area contributed by atoms with E-state index in [-0.39, 0.29) is 5.82 Å². The lowest BCUT2D eigenvalue weighted by Gasteiger charge is -2.35. The van der Waals surface area contributed by atoms with Gasteiger partial charge in [0, 0.05) is 10.9 Å². The van der Waals surface area contributed by atoms with E-state index in [1.165, 1.54) is 25.3 Å². The second-order valence-corrected chi connectivity index (χ2v) is 6.52. The van der Waals surface area contributed by atoms with E-state index < -0.39 is 5.60 Å². The Kier molecular flexibility index (Phi) is 4.44. The minimum Gasteiger partial charge on any atom is -0.390 e. The maximum absolute atomic E-state index is 13.8. The molecule has 2 rings (SSSR count). The van der Waals surface area contributed by atoms with Crippen LogP contribution < -0.4 is 0 Å². The second kappa shape index (κ2) is 5.70. The smallest absolute Gasteiger partial charge is 0.127 e. The molecule has 0 spiro atoms. The van der Waals surface area contributed by atoms with E-state index in [2.05, 4.69) is 15.9 Å². The Morgan fingerprint density at radius 1 is 1.33 bits per heavy atom. The molecule has 1 atom stereocenters. The molecule has 1 nitrogen and oxygen atoms in total. The van der Waals surface area contributed by atoms with Crippen LogP contribution in [0.1, 0.15) is 44.6 Å². The molecule has 1 fully saturated rings. The fourth-order valence-electron chi connectivity index (χ4n) is 2.92. The standard InChI is InChI=1S/C15H20BrFO/c1-15(18,12-5-3-2-4-6-12)10-11-7-8-13(16)9-14(11)17/h7-9,12,18H,2-6,10H2,1H3. The lowest BCUT2D eigenvalue weighted by molar-refractivity contribution is -0.0165. The van der Waals surface area contributed by atoms with Gasteiger partial charge in [0.05, 0.1) is 5.60 Å². The molecule has 0 aliphatic heterocycles. The summed E-state index contributed by atoms with van der Waals surface area (Å²) in [6.07, 6.45) is 6.15. The summed E-state index contributed by atoms with van der Waals surface area (Å²) < 4.78 is 14.5. The zero-order valence-electron chi connectivity index (χ0n) is 10.8. The molecule has 0 aromatic heterocycles. The maximum Gasteiger partial charge on any atom is 0.127 e. The molecular formula is C15H20BrFO. The van der Waals surface area contributed by atoms with E-state index in [1.807, 2.05) is 13.0 Å². The van der Waals surface area contributed by atoms with Crippen LogP contribution in [0.25, 0.3) is 0 Å². The third-order valence-corrected chi connectivity index (χ3v) is 4.54. The van der Waals surface area contributed by atoms with Crippen molar-refractivity contribution in [3.05, 3.63) is 34.1 Å². The Labute approximate surface area is 117 Å². The van der Waals surface area contributed by atoms with Gasteiger partial charge >= 0.3 is 0 Å². The highest BCUT2D eigenvalue weighted by Crippen LogP contribution is 2.35. The Morgan fingerprint density at radius 3 is 2.61 bits per heavy atom. The van der Waals surface area contributed by atoms with Crippen LogP contribution in [0.2, 0.25) is 0 Å². The summed E-state index contributed by atoms with van der Waals surface area (Å²) >= 11 is 3.25. The van der Waals surface area contributed by atoms with Crippen molar-refractivity contribution in [1.82, 2.24) is 0 Å². The molecule has 0 bridgehead atoms. The first-order valence-electron chi connectivity index (χ1n) is 6.65. The highest BCUT2D eigenvalue weighted by molar-refractivity contribution is 9.10. The van der Waals surface area contributed by atoms with Gasteiger partial charge in [0.25, 0.3) is 0 Å². The number of benzene rings is 1. The Bertz CT molecular complexity index is 411. The lowest BCUT2D eigenvalue weighted by atomic mass is 9.75. The molecule has 1 aliphatic carbocycles. The first-order chi connectivity index (χ1) is 8.49. The molecule has 0 radical (unpaired) electrons. The number of hydrogen-bond donors (Lipinski definition) is 1. The average molecular weight is 315 g/mol. The zero-order chi connectivity index (χ0) is 13.2. The predicted octanol–water partition coefficient (Wildman–Crippen LogP) is 4.46. The minimum atomic E-state index is -0.797. The maximum atomic E-state index is 13.8. The second-order valence-electron chi connectivity index (χ2n) is 5.60. The quantitative estimate of drug-likeness (QED) is 0.873. The van der Waals surface area contributed by atoms with Crippen molar-refractivity contribution in [3.8, 4) is 0 Å². The van der Waals surface area contributed by atoms with Crippen LogP contribution >= 0.6 is 15.9 Å². The van der Waals surface area contributed by atoms with Gasteiger partial charge in [-0.3, -0.25) is 0 Å². The first-order valence-corrected chi connectivity index (χ1v) is 7.44. The molecule has 0 heterocycles. The predicted molar refractivity (Wildman–Crippen MR) is 75.0 cm³/mol. The van der Waals surface area contributed by atoms with Crippen molar-refractivity contribution in [2.45, 2.75) is 51.0 Å². The summed E-state index contributed by atoms with van der Waals surface area (Å²) in [6.45, 7) is 1.85. The van der Waals surface area contributed by atoms with Gasteiger partial charge in [-0.25, -0.2) is 4.39 Å². The highest BCUT2D eigenvalue weighted by atomic mass is 79.9. The SMILES string of the molecule is CC(O)(Cc1ccc(Br)cc1F)C1CCCCC1. The monoisotopic (exact) mass is 314 g/mol. The van der Waals surface area contributed by atoms with Crippen molar-refractivity contribution < 1.29 is 9.50 Å². The summed E-state index contributed by atoms with van der Waals surface area (Å²) in [5.41, 5.74) is -0.191. The summed E-state index contributed by atoms with van der Waals surface area (Å²) in [4.78, 5) is 0. The molecule has 0 amide bonds. The van der Waals surface area contributed by atoms with Gasteiger partial charge in [0.1, 0.15) is 5.82 Å². The van der Waals surface area contributed by atoms with Crippen molar-refractivity contribution in [2.75, 3.05) is 0 Å². The molecule has 1 unspecified atom stereocenters. The Hall–Kier alpha value is -0.410. The molecule has 3 heteroatoms. The lowest BCUT2D eigenvalue weighted by Crippen LogP contribution is -2.38. The summed E-state index contributed by atoms with van der Waals surface area (Å²) in [5, 5.41) is 10.6. The van der Waals surface area contributed by atoms with Crippen LogP contribution in [0.3, 0.4) is 0 Å². The molecule has 1 aliphatic rings. The van der Waals surface area contributed by atoms with Gasteiger partial charge in [-0.2, -0.15) is 0 Å². The van der Waals surface area contributed by atoms with Crippen LogP contribution in [0.15, 0.2) is 22.7 Å². The van der Waals surface area contributed by atoms with Crippen molar-refractivity contribution in [1.29, 1.82) is 0 Å². The number of hydrogen-bond acceptors (Lipinski definition) is 1. The van der Waals surface area contributed by atoms with E-state index in [0.29, 0.717) is 17.9 Å². The van der Waals surface area contributed by atoms with E-state index in [4.69, 9.17) is 0 Å². The molecule has 0 saturated heterocycles. The third-order valence-electron chi connectivity index (χ3n) is 4.05. The van der Waals surface area contributed by atoms with Gasteiger partial charge in [-0.05, 0) is 43.4 Å². The molecular weight excluding hydrogens is 295 g/mol. The van der Waals surface area contributed by atoms with Gasteiger partial charge in [-0.15, -0.1) is 0 Å². The summed E-state index contributed by atoms with van der Waals surface area (Å²) in [7, 11) is 0. The fraction of sp³-hybridized carbons (Fsp3) is 0.600. The van der Waals surface area contributed by atoms with E-state index in [9.17, 15) is 9.50 Å². The minimum absolute atomic E-state index is 0.236. The van der Waals surface area contributed by atoms with Crippen LogP contribution in [0.4, 0.5) is 4.39 Å². The number of rotatable bonds is 3. The van der Waals surface area contributed by atoms with E-state index >= 15 is 0 Å². The summed E-state index contributed by atoms with van der Waals surface area (Å²) in [5.74, 6) is 0.0646. The molecule has 1 aromatic rings. The zero-order valence-corrected chi connectivity index (χ0v) is 12.3. The fourth-order valence-corrected chi connectivity index (χ4v) is 3.25. The van der Waals surface area contributed by atoms with Crippen molar-refractivity contribution >= 4 is 15.9 Å². The van der Waals surface area contributed by atoms with Crippen molar-refractivity contribution in [3.63, 3.8) is 0 Å². The summed E-state index contributed by atoms with van der Waals surface area (Å²) in [6, 6.07) is 5.05. The Morgan fingerprint density at radius 2 is 2.00 bits per heavy atom. The normalized spacial score (nSPS) is 20.7. The molecule has 100 valence electrons. The molecule has 1 saturated carbocycles. The van der Waals surface area contributed by atoms with Crippen LogP contribution in [0.5, 0.6) is 0 Å². The largest absolute Gasteiger partial charge is 0.390 e. The topological polar surface area (TPSA) is 20.2 Å². The van der Waals surface area contributed by atoms with Crippen molar-refractivity contribution in [2.24, 2.45) is 5.92 Å². The average Bonchev–Trinajstić information content (AvgIpc) is 2.34. The van der Waals surface area contributed by atoms with Gasteiger partial charge in [0.2, 0.25) is 0 Å². The van der Waals surface area contributed by atoms with Gasteiger partial charge in [-0.1, -0.05) is 41.3 Å². The molecule has 18 heavy (non-hydrogen) atoms. The first kappa shape index (κ1) is 14.0. The van der Waals surface area contributed by atoms with Crippen LogP contribution in [-0.2, 0) is 6.42 Å². The van der Waals surface area contributed by atoms with Crippen LogP contribution in [-0.4, -0.2) is 10.7 Å². The highest BCUT2D eigenvalue weighted by Gasteiger charge is 2.33. The molecule has 1 N–H and O–H groups in total. The number of aliphatic hydroxyl groups is 1. The Balaban J connectivity index is 2.10. The number of halogens is 2.